The maximum atomic E-state index is 3.35. The molecule has 1 fully saturated rings. The van der Waals surface area contributed by atoms with E-state index in [1.807, 2.05) is 0 Å². The second-order valence-electron chi connectivity index (χ2n) is 2.88. The van der Waals surface area contributed by atoms with Crippen LogP contribution in [0.25, 0.3) is 0 Å². The quantitative estimate of drug-likeness (QED) is 0.409. The van der Waals surface area contributed by atoms with Crippen LogP contribution in [-0.4, -0.2) is 22.1 Å². The Morgan fingerprint density at radius 2 is 2.00 bits per heavy atom. The van der Waals surface area contributed by atoms with Crippen molar-refractivity contribution >= 4 is 22.1 Å². The van der Waals surface area contributed by atoms with Crippen molar-refractivity contribution in [3.63, 3.8) is 0 Å². The first-order valence-corrected chi connectivity index (χ1v) is 4.02. The van der Waals surface area contributed by atoms with Gasteiger partial charge in [-0.15, -0.1) is 0 Å². The van der Waals surface area contributed by atoms with E-state index in [1.54, 1.807) is 0 Å². The highest BCUT2D eigenvalue weighted by Gasteiger charge is 2.22. The van der Waals surface area contributed by atoms with Crippen LogP contribution < -0.4 is 15.4 Å². The molecule has 1 saturated heterocycles. The Kier molecular flexibility index (Phi) is 3.32. The van der Waals surface area contributed by atoms with Crippen molar-refractivity contribution in [3.05, 3.63) is 0 Å². The summed E-state index contributed by atoms with van der Waals surface area (Å²) in [7, 11) is 1.87. The van der Waals surface area contributed by atoms with Crippen LogP contribution >= 0.6 is 0 Å². The van der Waals surface area contributed by atoms with Gasteiger partial charge in [0.25, 0.3) is 22.1 Å². The predicted molar refractivity (Wildman–Crippen MR) is 49.2 cm³/mol. The monoisotopic (exact) mass is 137 g/mol. The molecule has 0 amide bonds. The van der Waals surface area contributed by atoms with Gasteiger partial charge >= 0.3 is 0 Å². The molecule has 3 N–H and O–H groups in total. The van der Waals surface area contributed by atoms with E-state index in [9.17, 15) is 0 Å². The summed E-state index contributed by atoms with van der Waals surface area (Å²) in [5.41, 5.74) is 0. The first-order chi connectivity index (χ1) is 4.84. The van der Waals surface area contributed by atoms with Gasteiger partial charge in [-0.2, -0.15) is 0 Å². The Morgan fingerprint density at radius 1 is 1.40 bits per heavy atom. The Morgan fingerprint density at radius 3 is 2.50 bits per heavy atom. The zero-order valence-electron chi connectivity index (χ0n) is 6.78. The van der Waals surface area contributed by atoms with Gasteiger partial charge in [0, 0.05) is 0 Å². The lowest BCUT2D eigenvalue weighted by atomic mass is 9.55. The molecule has 6 heteroatoms. The summed E-state index contributed by atoms with van der Waals surface area (Å²) in [6.45, 7) is 4.98. The van der Waals surface area contributed by atoms with Gasteiger partial charge in [-0.1, -0.05) is 20.3 Å². The van der Waals surface area contributed by atoms with Crippen molar-refractivity contribution in [2.45, 2.75) is 26.1 Å². The first kappa shape index (κ1) is 8.17. The molecular weight excluding hydrogens is 123 g/mol. The van der Waals surface area contributed by atoms with E-state index in [2.05, 4.69) is 29.3 Å². The molecule has 0 aromatic carbocycles. The van der Waals surface area contributed by atoms with E-state index in [0.717, 1.165) is 20.9 Å². The molecule has 0 aromatic heterocycles. The summed E-state index contributed by atoms with van der Waals surface area (Å²) in [5.74, 6) is 0.724. The average molecular weight is 137 g/mol. The second-order valence-corrected chi connectivity index (χ2v) is 2.88. The minimum absolute atomic E-state index is 0.506. The minimum Gasteiger partial charge on any atom is -0.378 e. The minimum atomic E-state index is 0.506. The molecule has 0 aliphatic carbocycles. The van der Waals surface area contributed by atoms with Crippen molar-refractivity contribution in [1.29, 1.82) is 0 Å². The van der Waals surface area contributed by atoms with Crippen LogP contribution in [0.5, 0.6) is 0 Å². The van der Waals surface area contributed by atoms with Gasteiger partial charge in [0.1, 0.15) is 0 Å². The standard InChI is InChI=1S/C4H14B3N3/c1-3-4(2)7-9-5-8-6-10-7/h4-6,8-10H,3H2,1-2H3. The summed E-state index contributed by atoms with van der Waals surface area (Å²) >= 11 is 0. The third-order valence-electron chi connectivity index (χ3n) is 2.11. The fourth-order valence-corrected chi connectivity index (χ4v) is 1.14. The molecule has 0 saturated carbocycles. The Balaban J connectivity index is 2.24. The highest BCUT2D eigenvalue weighted by atomic mass is 15.0. The van der Waals surface area contributed by atoms with Crippen LogP contribution in [0.3, 0.4) is 0 Å². The lowest BCUT2D eigenvalue weighted by Crippen LogP contribution is -2.64. The fourth-order valence-electron chi connectivity index (χ4n) is 1.14. The van der Waals surface area contributed by atoms with Crippen molar-refractivity contribution in [1.82, 2.24) is 15.4 Å². The molecule has 10 heavy (non-hydrogen) atoms. The molecule has 1 aliphatic heterocycles. The zero-order valence-corrected chi connectivity index (χ0v) is 6.78. The van der Waals surface area contributed by atoms with Crippen LogP contribution in [0.15, 0.2) is 0 Å². The number of nitrogens with one attached hydrogen (secondary N) is 3. The van der Waals surface area contributed by atoms with Gasteiger partial charge in [0.05, 0.1) is 0 Å². The summed E-state index contributed by atoms with van der Waals surface area (Å²) in [6.07, 6.45) is 1.23. The van der Waals surface area contributed by atoms with Crippen LogP contribution in [0.4, 0.5) is 0 Å². The fraction of sp³-hybridized carbons (Fsp3) is 1.00. The number of rotatable bonds is 2. The van der Waals surface area contributed by atoms with E-state index in [1.165, 1.54) is 6.42 Å². The summed E-state index contributed by atoms with van der Waals surface area (Å²) < 4.78 is 0. The molecular formula is C4H14B3N3. The van der Waals surface area contributed by atoms with Crippen LogP contribution in [0.1, 0.15) is 20.3 Å². The van der Waals surface area contributed by atoms with E-state index in [4.69, 9.17) is 0 Å². The van der Waals surface area contributed by atoms with E-state index in [-0.39, 0.29) is 0 Å². The summed E-state index contributed by atoms with van der Waals surface area (Å²) in [6, 6.07) is 0. The van der Waals surface area contributed by atoms with Crippen molar-refractivity contribution in [2.24, 2.45) is 0 Å². The molecule has 54 valence electrons. The van der Waals surface area contributed by atoms with Crippen molar-refractivity contribution in [2.75, 3.05) is 0 Å². The maximum absolute atomic E-state index is 3.35. The van der Waals surface area contributed by atoms with Crippen LogP contribution in [-0.2, 0) is 0 Å². The highest BCUT2D eigenvalue weighted by Crippen LogP contribution is 2.08. The Labute approximate surface area is 64.4 Å². The lowest BCUT2D eigenvalue weighted by Gasteiger charge is -2.25. The van der Waals surface area contributed by atoms with E-state index >= 15 is 0 Å². The molecule has 1 aliphatic rings. The smallest absolute Gasteiger partial charge is 0.287 e. The molecule has 1 heterocycles. The van der Waals surface area contributed by atoms with Gasteiger partial charge in [-0.3, -0.25) is 0 Å². The number of hydrogen-bond donors (Lipinski definition) is 3. The second kappa shape index (κ2) is 4.06. The molecule has 1 unspecified atom stereocenters. The predicted octanol–water partition coefficient (Wildman–Crippen LogP) is -1.41. The third kappa shape index (κ3) is 2.04. The van der Waals surface area contributed by atoms with Gasteiger partial charge in [0.15, 0.2) is 0 Å². The van der Waals surface area contributed by atoms with Crippen LogP contribution in [0.2, 0.25) is 5.82 Å². The molecule has 0 spiro atoms. The first-order valence-electron chi connectivity index (χ1n) is 4.02. The molecule has 1 rings (SSSR count). The van der Waals surface area contributed by atoms with E-state index in [0.29, 0.717) is 6.98 Å². The molecule has 1 atom stereocenters. The molecule has 0 radical (unpaired) electrons. The SMILES string of the molecule is CCC(C)B1NBNBN1. The Bertz CT molecular complexity index is 95.7. The molecule has 3 nitrogen and oxygen atoms in total. The van der Waals surface area contributed by atoms with Gasteiger partial charge < -0.3 is 15.4 Å². The van der Waals surface area contributed by atoms with E-state index < -0.39 is 0 Å². The zero-order chi connectivity index (χ0) is 7.40. The number of hydrogen-bond acceptors (Lipinski definition) is 3. The van der Waals surface area contributed by atoms with Crippen LogP contribution in [0, 0.1) is 0 Å². The lowest BCUT2D eigenvalue weighted by molar-refractivity contribution is 0.832. The van der Waals surface area contributed by atoms with Crippen molar-refractivity contribution < 1.29 is 0 Å². The summed E-state index contributed by atoms with van der Waals surface area (Å²) in [4.78, 5) is 0. The Hall–Kier alpha value is 0.0748. The normalized spacial score (nSPS) is 21.2. The maximum Gasteiger partial charge on any atom is 0.287 e. The molecule has 0 aromatic rings. The third-order valence-corrected chi connectivity index (χ3v) is 2.11. The molecule has 0 bridgehead atoms. The van der Waals surface area contributed by atoms with Crippen molar-refractivity contribution in [3.8, 4) is 0 Å². The van der Waals surface area contributed by atoms with Gasteiger partial charge in [-0.05, 0) is 5.82 Å². The van der Waals surface area contributed by atoms with Gasteiger partial charge in [0.2, 0.25) is 0 Å². The summed E-state index contributed by atoms with van der Waals surface area (Å²) in [5, 5.41) is 9.87. The van der Waals surface area contributed by atoms with Gasteiger partial charge in [-0.25, -0.2) is 0 Å². The highest BCUT2D eigenvalue weighted by molar-refractivity contribution is 6.75. The topological polar surface area (TPSA) is 36.1 Å². The largest absolute Gasteiger partial charge is 0.378 e. The average Bonchev–Trinajstić information content (AvgIpc) is 2.05.